The molecule has 0 bridgehead atoms. The fourth-order valence-electron chi connectivity index (χ4n) is 2.08. The maximum atomic E-state index is 9.93. The molecule has 0 aromatic carbocycles. The highest BCUT2D eigenvalue weighted by atomic mass is 16.5. The van der Waals surface area contributed by atoms with Gasteiger partial charge in [0.15, 0.2) is 0 Å². The SMILES string of the molecule is CCCC1(O)CN(Cc2cnoc2)C1. The smallest absolute Gasteiger partial charge is 0.128 e. The van der Waals surface area contributed by atoms with Crippen LogP contribution in [-0.2, 0) is 6.54 Å². The topological polar surface area (TPSA) is 49.5 Å². The van der Waals surface area contributed by atoms with Gasteiger partial charge in [0.25, 0.3) is 0 Å². The van der Waals surface area contributed by atoms with Crippen LogP contribution in [0.3, 0.4) is 0 Å². The highest BCUT2D eigenvalue weighted by Crippen LogP contribution is 2.26. The van der Waals surface area contributed by atoms with E-state index in [2.05, 4.69) is 17.0 Å². The van der Waals surface area contributed by atoms with Crippen LogP contribution in [-0.4, -0.2) is 33.9 Å². The maximum absolute atomic E-state index is 9.93. The highest BCUT2D eigenvalue weighted by molar-refractivity contribution is 5.04. The number of aliphatic hydroxyl groups is 1. The van der Waals surface area contributed by atoms with Gasteiger partial charge in [-0.1, -0.05) is 18.5 Å². The Morgan fingerprint density at radius 2 is 2.43 bits per heavy atom. The number of nitrogens with zero attached hydrogens (tertiary/aromatic N) is 2. The number of likely N-dealkylation sites (tertiary alicyclic amines) is 1. The molecular weight excluding hydrogens is 180 g/mol. The van der Waals surface area contributed by atoms with E-state index in [9.17, 15) is 5.11 Å². The van der Waals surface area contributed by atoms with Gasteiger partial charge in [0, 0.05) is 25.2 Å². The quantitative estimate of drug-likeness (QED) is 0.781. The van der Waals surface area contributed by atoms with E-state index in [-0.39, 0.29) is 0 Å². The summed E-state index contributed by atoms with van der Waals surface area (Å²) in [4.78, 5) is 2.20. The molecule has 4 nitrogen and oxygen atoms in total. The van der Waals surface area contributed by atoms with Crippen molar-refractivity contribution in [3.63, 3.8) is 0 Å². The molecule has 2 rings (SSSR count). The van der Waals surface area contributed by atoms with Crippen LogP contribution in [0.1, 0.15) is 25.3 Å². The van der Waals surface area contributed by atoms with Gasteiger partial charge in [0.2, 0.25) is 0 Å². The molecule has 78 valence electrons. The first-order chi connectivity index (χ1) is 6.72. The Morgan fingerprint density at radius 1 is 1.64 bits per heavy atom. The largest absolute Gasteiger partial charge is 0.387 e. The Labute approximate surface area is 83.5 Å². The third-order valence-corrected chi connectivity index (χ3v) is 2.64. The van der Waals surface area contributed by atoms with Crippen molar-refractivity contribution in [1.29, 1.82) is 0 Å². The van der Waals surface area contributed by atoms with Gasteiger partial charge in [-0.3, -0.25) is 4.90 Å². The zero-order valence-corrected chi connectivity index (χ0v) is 8.44. The molecular formula is C10H16N2O2. The average molecular weight is 196 g/mol. The molecule has 0 atom stereocenters. The van der Waals surface area contributed by atoms with Crippen LogP contribution in [0.25, 0.3) is 0 Å². The van der Waals surface area contributed by atoms with Gasteiger partial charge >= 0.3 is 0 Å². The molecule has 0 aliphatic carbocycles. The summed E-state index contributed by atoms with van der Waals surface area (Å²) in [5.74, 6) is 0. The third-order valence-electron chi connectivity index (χ3n) is 2.64. The van der Waals surface area contributed by atoms with Crippen LogP contribution in [0.15, 0.2) is 17.0 Å². The van der Waals surface area contributed by atoms with Crippen molar-refractivity contribution >= 4 is 0 Å². The van der Waals surface area contributed by atoms with Crippen LogP contribution in [0.2, 0.25) is 0 Å². The molecule has 14 heavy (non-hydrogen) atoms. The minimum absolute atomic E-state index is 0.439. The van der Waals surface area contributed by atoms with E-state index in [4.69, 9.17) is 4.52 Å². The van der Waals surface area contributed by atoms with Crippen LogP contribution in [0, 0.1) is 0 Å². The Morgan fingerprint density at radius 3 is 3.00 bits per heavy atom. The molecule has 0 amide bonds. The van der Waals surface area contributed by atoms with Crippen molar-refractivity contribution in [1.82, 2.24) is 10.1 Å². The van der Waals surface area contributed by atoms with Crippen molar-refractivity contribution in [3.05, 3.63) is 18.0 Å². The number of hydrogen-bond acceptors (Lipinski definition) is 4. The number of rotatable bonds is 4. The Balaban J connectivity index is 1.78. The monoisotopic (exact) mass is 196 g/mol. The summed E-state index contributed by atoms with van der Waals surface area (Å²) in [5, 5.41) is 13.6. The average Bonchev–Trinajstić information content (AvgIpc) is 2.54. The fourth-order valence-corrected chi connectivity index (χ4v) is 2.08. The molecule has 0 saturated carbocycles. The van der Waals surface area contributed by atoms with Crippen molar-refractivity contribution < 1.29 is 9.63 Å². The standard InChI is InChI=1S/C10H16N2O2/c1-2-3-10(13)7-12(8-10)5-9-4-11-14-6-9/h4,6,13H,2-3,5,7-8H2,1H3. The lowest BCUT2D eigenvalue weighted by atomic mass is 9.89. The first-order valence-electron chi connectivity index (χ1n) is 5.05. The first-order valence-corrected chi connectivity index (χ1v) is 5.05. The van der Waals surface area contributed by atoms with Gasteiger partial charge in [-0.05, 0) is 6.42 Å². The molecule has 0 spiro atoms. The van der Waals surface area contributed by atoms with Gasteiger partial charge in [-0.25, -0.2) is 0 Å². The van der Waals surface area contributed by atoms with Crippen molar-refractivity contribution in [3.8, 4) is 0 Å². The summed E-state index contributed by atoms with van der Waals surface area (Å²) >= 11 is 0. The van der Waals surface area contributed by atoms with Crippen LogP contribution >= 0.6 is 0 Å². The summed E-state index contributed by atoms with van der Waals surface area (Å²) in [6.45, 7) is 4.47. The van der Waals surface area contributed by atoms with Crippen molar-refractivity contribution in [2.75, 3.05) is 13.1 Å². The molecule has 1 saturated heterocycles. The molecule has 1 fully saturated rings. The van der Waals surface area contributed by atoms with E-state index in [1.807, 2.05) is 0 Å². The normalized spacial score (nSPS) is 20.7. The van der Waals surface area contributed by atoms with Gasteiger partial charge < -0.3 is 9.63 Å². The molecule has 4 heteroatoms. The molecule has 1 aromatic heterocycles. The summed E-state index contributed by atoms with van der Waals surface area (Å²) in [5.41, 5.74) is 0.634. The zero-order chi connectivity index (χ0) is 10.0. The van der Waals surface area contributed by atoms with Crippen LogP contribution in [0.5, 0.6) is 0 Å². The van der Waals surface area contributed by atoms with Gasteiger partial charge in [0.05, 0.1) is 11.8 Å². The van der Waals surface area contributed by atoms with E-state index >= 15 is 0 Å². The Hall–Kier alpha value is -0.870. The van der Waals surface area contributed by atoms with Gasteiger partial charge in [0.1, 0.15) is 6.26 Å². The Bertz CT molecular complexity index is 278. The lowest BCUT2D eigenvalue weighted by Gasteiger charge is -2.46. The molecule has 1 aliphatic heterocycles. The van der Waals surface area contributed by atoms with Crippen molar-refractivity contribution in [2.45, 2.75) is 31.9 Å². The third kappa shape index (κ3) is 1.96. The first kappa shape index (κ1) is 9.68. The number of hydrogen-bond donors (Lipinski definition) is 1. The molecule has 2 heterocycles. The highest BCUT2D eigenvalue weighted by Gasteiger charge is 2.39. The lowest BCUT2D eigenvalue weighted by molar-refractivity contribution is -0.106. The summed E-state index contributed by atoms with van der Waals surface area (Å²) < 4.78 is 4.74. The summed E-state index contributed by atoms with van der Waals surface area (Å²) in [6, 6.07) is 0. The fraction of sp³-hybridized carbons (Fsp3) is 0.700. The second kappa shape index (κ2) is 3.71. The van der Waals surface area contributed by atoms with E-state index in [0.29, 0.717) is 0 Å². The van der Waals surface area contributed by atoms with Crippen LogP contribution in [0.4, 0.5) is 0 Å². The lowest BCUT2D eigenvalue weighted by Crippen LogP contribution is -2.60. The molecule has 1 aliphatic rings. The molecule has 1 aromatic rings. The van der Waals surface area contributed by atoms with E-state index in [1.54, 1.807) is 12.5 Å². The van der Waals surface area contributed by atoms with Gasteiger partial charge in [-0.15, -0.1) is 0 Å². The van der Waals surface area contributed by atoms with E-state index in [1.165, 1.54) is 0 Å². The Kier molecular flexibility index (Phi) is 2.56. The molecule has 0 unspecified atom stereocenters. The minimum atomic E-state index is -0.439. The minimum Gasteiger partial charge on any atom is -0.387 e. The van der Waals surface area contributed by atoms with Crippen LogP contribution < -0.4 is 0 Å². The summed E-state index contributed by atoms with van der Waals surface area (Å²) in [7, 11) is 0. The number of β-amino-alcohol motifs (C(OH)–C–C–N with tert-alkyl or cyclic N) is 1. The predicted octanol–water partition coefficient (Wildman–Crippen LogP) is 1.02. The van der Waals surface area contributed by atoms with Crippen molar-refractivity contribution in [2.24, 2.45) is 0 Å². The predicted molar refractivity (Wildman–Crippen MR) is 51.6 cm³/mol. The maximum Gasteiger partial charge on any atom is 0.128 e. The number of aromatic nitrogens is 1. The second-order valence-corrected chi connectivity index (χ2v) is 4.15. The summed E-state index contributed by atoms with van der Waals surface area (Å²) in [6.07, 6.45) is 5.30. The van der Waals surface area contributed by atoms with Gasteiger partial charge in [-0.2, -0.15) is 0 Å². The second-order valence-electron chi connectivity index (χ2n) is 4.15. The molecule has 1 N–H and O–H groups in total. The van der Waals surface area contributed by atoms with E-state index < -0.39 is 5.60 Å². The van der Waals surface area contributed by atoms with E-state index in [0.717, 1.165) is 38.0 Å². The molecule has 0 radical (unpaired) electrons. The zero-order valence-electron chi connectivity index (χ0n) is 8.44.